The van der Waals surface area contributed by atoms with Crippen LogP contribution in [0.3, 0.4) is 0 Å². The maximum absolute atomic E-state index is 6.38. The minimum atomic E-state index is -0.235. The molecule has 2 rings (SSSR count). The van der Waals surface area contributed by atoms with E-state index in [4.69, 9.17) is 10.5 Å². The van der Waals surface area contributed by atoms with Crippen LogP contribution in [0.25, 0.3) is 0 Å². The molecule has 2 N–H and O–H groups in total. The van der Waals surface area contributed by atoms with Gasteiger partial charge in [-0.25, -0.2) is 0 Å². The number of hydrogen-bond acceptors (Lipinski definition) is 4. The van der Waals surface area contributed by atoms with Gasteiger partial charge in [0.15, 0.2) is 0 Å². The van der Waals surface area contributed by atoms with E-state index in [9.17, 15) is 0 Å². The number of hydrogen-bond donors (Lipinski definition) is 1. The molecule has 0 aromatic carbocycles. The summed E-state index contributed by atoms with van der Waals surface area (Å²) in [5.41, 5.74) is 10.4. The van der Waals surface area contributed by atoms with Crippen molar-refractivity contribution in [3.63, 3.8) is 0 Å². The molecule has 0 saturated carbocycles. The maximum Gasteiger partial charge on any atom is 0.137 e. The Bertz CT molecular complexity index is 592. The Kier molecular flexibility index (Phi) is 4.39. The lowest BCUT2D eigenvalue weighted by molar-refractivity contribution is 0.315. The normalized spacial score (nSPS) is 12.4. The number of nitrogens with two attached hydrogens (primary N) is 1. The smallest absolute Gasteiger partial charge is 0.137 e. The van der Waals surface area contributed by atoms with Crippen molar-refractivity contribution in [1.82, 2.24) is 14.8 Å². The van der Waals surface area contributed by atoms with Crippen molar-refractivity contribution in [1.29, 1.82) is 0 Å². The Morgan fingerprint density at radius 1 is 1.35 bits per heavy atom. The molecular weight excluding hydrogens is 252 g/mol. The molecule has 108 valence electrons. The van der Waals surface area contributed by atoms with Gasteiger partial charge in [0.2, 0.25) is 0 Å². The molecule has 5 heteroatoms. The fourth-order valence-corrected chi connectivity index (χ4v) is 2.31. The van der Waals surface area contributed by atoms with E-state index in [0.29, 0.717) is 6.61 Å². The summed E-state index contributed by atoms with van der Waals surface area (Å²) in [4.78, 5) is 4.22. The van der Waals surface area contributed by atoms with Crippen LogP contribution in [0, 0.1) is 13.8 Å². The van der Waals surface area contributed by atoms with Crippen molar-refractivity contribution in [2.45, 2.75) is 33.2 Å². The van der Waals surface area contributed by atoms with E-state index >= 15 is 0 Å². The number of rotatable bonds is 5. The quantitative estimate of drug-likeness (QED) is 0.908. The molecule has 5 nitrogen and oxygen atoms in total. The second-order valence-corrected chi connectivity index (χ2v) is 4.99. The van der Waals surface area contributed by atoms with Crippen LogP contribution in [-0.4, -0.2) is 21.4 Å². The summed E-state index contributed by atoms with van der Waals surface area (Å²) >= 11 is 0. The monoisotopic (exact) mass is 274 g/mol. The average Bonchev–Trinajstić information content (AvgIpc) is 2.69. The van der Waals surface area contributed by atoms with Gasteiger partial charge in [0.1, 0.15) is 5.75 Å². The zero-order valence-corrected chi connectivity index (χ0v) is 12.6. The molecule has 2 heterocycles. The van der Waals surface area contributed by atoms with Gasteiger partial charge in [-0.1, -0.05) is 6.92 Å². The lowest BCUT2D eigenvalue weighted by Gasteiger charge is -2.14. The highest BCUT2D eigenvalue weighted by molar-refractivity contribution is 5.37. The molecule has 0 bridgehead atoms. The van der Waals surface area contributed by atoms with Crippen molar-refractivity contribution >= 4 is 0 Å². The van der Waals surface area contributed by atoms with E-state index in [1.54, 1.807) is 12.4 Å². The Morgan fingerprint density at radius 2 is 2.10 bits per heavy atom. The molecule has 0 amide bonds. The van der Waals surface area contributed by atoms with E-state index in [0.717, 1.165) is 34.7 Å². The summed E-state index contributed by atoms with van der Waals surface area (Å²) < 4.78 is 7.47. The van der Waals surface area contributed by atoms with Crippen molar-refractivity contribution in [3.8, 4) is 5.75 Å². The summed E-state index contributed by atoms with van der Waals surface area (Å²) in [5, 5.41) is 4.41. The SMILES string of the molecule is CCCOc1cncc(C(N)c2c(C)nn(C)c2C)c1. The van der Waals surface area contributed by atoms with E-state index in [1.807, 2.05) is 31.6 Å². The third-order valence-corrected chi connectivity index (χ3v) is 3.44. The molecule has 20 heavy (non-hydrogen) atoms. The Balaban J connectivity index is 2.30. The number of aromatic nitrogens is 3. The molecule has 0 fully saturated rings. The van der Waals surface area contributed by atoms with Gasteiger partial charge in [-0.15, -0.1) is 0 Å². The van der Waals surface area contributed by atoms with Gasteiger partial charge in [0.05, 0.1) is 24.5 Å². The number of aryl methyl sites for hydroxylation is 2. The highest BCUT2D eigenvalue weighted by atomic mass is 16.5. The van der Waals surface area contributed by atoms with Gasteiger partial charge < -0.3 is 10.5 Å². The third kappa shape index (κ3) is 2.82. The van der Waals surface area contributed by atoms with E-state index in [1.165, 1.54) is 0 Å². The Morgan fingerprint density at radius 3 is 2.70 bits per heavy atom. The maximum atomic E-state index is 6.38. The van der Waals surface area contributed by atoms with Crippen LogP contribution in [-0.2, 0) is 7.05 Å². The fraction of sp³-hybridized carbons (Fsp3) is 0.467. The predicted molar refractivity (Wildman–Crippen MR) is 78.7 cm³/mol. The van der Waals surface area contributed by atoms with Crippen LogP contribution in [0.2, 0.25) is 0 Å². The molecule has 2 aromatic rings. The first-order chi connectivity index (χ1) is 9.54. The standard InChI is InChI=1S/C15H22N4O/c1-5-6-20-13-7-12(8-17-9-13)15(16)14-10(2)18-19(4)11(14)3/h7-9,15H,5-6,16H2,1-4H3. The Labute approximate surface area is 119 Å². The number of nitrogens with zero attached hydrogens (tertiary/aromatic N) is 3. The molecule has 0 spiro atoms. The second-order valence-electron chi connectivity index (χ2n) is 4.99. The topological polar surface area (TPSA) is 66.0 Å². The lowest BCUT2D eigenvalue weighted by atomic mass is 9.99. The average molecular weight is 274 g/mol. The highest BCUT2D eigenvalue weighted by Crippen LogP contribution is 2.26. The molecular formula is C15H22N4O. The molecule has 0 aliphatic rings. The molecule has 0 aliphatic carbocycles. The van der Waals surface area contributed by atoms with Crippen LogP contribution in [0.1, 0.15) is 41.9 Å². The van der Waals surface area contributed by atoms with Gasteiger partial charge >= 0.3 is 0 Å². The third-order valence-electron chi connectivity index (χ3n) is 3.44. The van der Waals surface area contributed by atoms with Crippen molar-refractivity contribution in [3.05, 3.63) is 41.0 Å². The first-order valence-corrected chi connectivity index (χ1v) is 6.88. The molecule has 2 aromatic heterocycles. The summed E-state index contributed by atoms with van der Waals surface area (Å²) in [6, 6.07) is 1.72. The van der Waals surface area contributed by atoms with Crippen LogP contribution < -0.4 is 10.5 Å². The van der Waals surface area contributed by atoms with Crippen molar-refractivity contribution in [2.24, 2.45) is 12.8 Å². The summed E-state index contributed by atoms with van der Waals surface area (Å²) in [5.74, 6) is 0.763. The van der Waals surface area contributed by atoms with Crippen molar-refractivity contribution in [2.75, 3.05) is 6.61 Å². The minimum absolute atomic E-state index is 0.235. The van der Waals surface area contributed by atoms with Crippen LogP contribution in [0.5, 0.6) is 5.75 Å². The zero-order valence-electron chi connectivity index (χ0n) is 12.6. The van der Waals surface area contributed by atoms with Gasteiger partial charge in [-0.2, -0.15) is 5.10 Å². The summed E-state index contributed by atoms with van der Waals surface area (Å²) in [7, 11) is 1.93. The second kappa shape index (κ2) is 6.05. The lowest BCUT2D eigenvalue weighted by Crippen LogP contribution is -2.14. The largest absolute Gasteiger partial charge is 0.492 e. The fourth-order valence-electron chi connectivity index (χ4n) is 2.31. The van der Waals surface area contributed by atoms with Crippen LogP contribution in [0.4, 0.5) is 0 Å². The Hall–Kier alpha value is -1.88. The molecule has 0 aliphatic heterocycles. The first kappa shape index (κ1) is 14.5. The summed E-state index contributed by atoms with van der Waals surface area (Å²) in [6.45, 7) is 6.77. The number of pyridine rings is 1. The van der Waals surface area contributed by atoms with E-state index in [-0.39, 0.29) is 6.04 Å². The zero-order chi connectivity index (χ0) is 14.7. The van der Waals surface area contributed by atoms with Gasteiger partial charge in [0, 0.05) is 24.5 Å². The van der Waals surface area contributed by atoms with Crippen LogP contribution >= 0.6 is 0 Å². The van der Waals surface area contributed by atoms with Gasteiger partial charge in [-0.05, 0) is 31.9 Å². The number of ether oxygens (including phenoxy) is 1. The van der Waals surface area contributed by atoms with Crippen LogP contribution in [0.15, 0.2) is 18.5 Å². The molecule has 0 radical (unpaired) electrons. The van der Waals surface area contributed by atoms with E-state index in [2.05, 4.69) is 17.0 Å². The first-order valence-electron chi connectivity index (χ1n) is 6.88. The predicted octanol–water partition coefficient (Wildman–Crippen LogP) is 2.27. The van der Waals surface area contributed by atoms with Gasteiger partial charge in [0.25, 0.3) is 0 Å². The van der Waals surface area contributed by atoms with E-state index < -0.39 is 0 Å². The molecule has 1 atom stereocenters. The summed E-state index contributed by atoms with van der Waals surface area (Å²) in [6.07, 6.45) is 4.47. The molecule has 1 unspecified atom stereocenters. The van der Waals surface area contributed by atoms with Crippen molar-refractivity contribution < 1.29 is 4.74 Å². The highest BCUT2D eigenvalue weighted by Gasteiger charge is 2.19. The molecule has 0 saturated heterocycles. The van der Waals surface area contributed by atoms with Gasteiger partial charge in [-0.3, -0.25) is 9.67 Å². The minimum Gasteiger partial charge on any atom is -0.492 e.